The van der Waals surface area contributed by atoms with Gasteiger partial charge in [-0.2, -0.15) is 0 Å². The number of esters is 1. The van der Waals surface area contributed by atoms with Gasteiger partial charge in [0.1, 0.15) is 5.75 Å². The molecular weight excluding hydrogens is 374 g/mol. The smallest absolute Gasteiger partial charge is 0.344 e. The lowest BCUT2D eigenvalue weighted by Crippen LogP contribution is -2.20. The Kier molecular flexibility index (Phi) is 6.09. The molecule has 0 unspecified atom stereocenters. The van der Waals surface area contributed by atoms with E-state index in [4.69, 9.17) is 27.9 Å². The quantitative estimate of drug-likeness (QED) is 0.284. The van der Waals surface area contributed by atoms with Crippen molar-refractivity contribution in [3.63, 3.8) is 0 Å². The van der Waals surface area contributed by atoms with Gasteiger partial charge in [-0.25, -0.2) is 4.79 Å². The molecule has 0 saturated carbocycles. The first-order valence-electron chi connectivity index (χ1n) is 7.65. The molecule has 0 amide bonds. The number of ether oxygens (including phenoxy) is 1. The molecule has 25 heavy (non-hydrogen) atoms. The van der Waals surface area contributed by atoms with Crippen LogP contribution >= 0.6 is 31.1 Å². The third kappa shape index (κ3) is 4.61. The maximum absolute atomic E-state index is 11.5. The second-order valence-electron chi connectivity index (χ2n) is 5.22. The summed E-state index contributed by atoms with van der Waals surface area (Å²) in [5.41, 5.74) is 0. The van der Waals surface area contributed by atoms with Crippen LogP contribution in [-0.4, -0.2) is 10.8 Å². The van der Waals surface area contributed by atoms with E-state index in [-0.39, 0.29) is 0 Å². The molecule has 0 radical (unpaired) electrons. The van der Waals surface area contributed by atoms with Crippen molar-refractivity contribution < 1.29 is 9.53 Å². The van der Waals surface area contributed by atoms with Crippen molar-refractivity contribution in [1.29, 1.82) is 0 Å². The summed E-state index contributed by atoms with van der Waals surface area (Å²) in [4.78, 5) is 10.3. The Balaban J connectivity index is 1.93. The van der Waals surface area contributed by atoms with E-state index in [0.717, 1.165) is 0 Å². The Morgan fingerprint density at radius 2 is 1.16 bits per heavy atom. The number of hydrogen-bond acceptors (Lipinski definition) is 2. The fourth-order valence-electron chi connectivity index (χ4n) is 2.43. The number of benzene rings is 3. The first-order valence-corrected chi connectivity index (χ1v) is 9.87. The van der Waals surface area contributed by atoms with E-state index in [1.807, 2.05) is 48.5 Å². The van der Waals surface area contributed by atoms with Gasteiger partial charge in [0.15, 0.2) is 0 Å². The zero-order valence-electron chi connectivity index (χ0n) is 13.2. The van der Waals surface area contributed by atoms with Gasteiger partial charge in [0.25, 0.3) is 0 Å². The van der Waals surface area contributed by atoms with Gasteiger partial charge in [-0.1, -0.05) is 96.0 Å². The van der Waals surface area contributed by atoms with Crippen molar-refractivity contribution >= 4 is 53.0 Å². The van der Waals surface area contributed by atoms with Crippen molar-refractivity contribution in [3.8, 4) is 5.75 Å². The van der Waals surface area contributed by atoms with Gasteiger partial charge in [-0.3, -0.25) is 0 Å². The van der Waals surface area contributed by atoms with Crippen LogP contribution in [0.2, 0.25) is 0 Å². The number of halogens is 2. The molecule has 0 saturated heterocycles. The maximum atomic E-state index is 11.5. The lowest BCUT2D eigenvalue weighted by atomic mass is 10.3. The third-order valence-corrected chi connectivity index (χ3v) is 6.32. The molecule has 0 aromatic heterocycles. The Labute approximate surface area is 158 Å². The van der Waals surface area contributed by atoms with E-state index in [1.54, 1.807) is 12.1 Å². The van der Waals surface area contributed by atoms with Crippen LogP contribution in [0.25, 0.3) is 0 Å². The van der Waals surface area contributed by atoms with Crippen LogP contribution in [0, 0.1) is 0 Å². The SMILES string of the molecule is O=C(Oc1ccc(P(c2ccccc2)c2ccccc2)cc1)C(Cl)Cl. The number of hydrogen-bond donors (Lipinski definition) is 0. The number of carbonyl (C=O) groups excluding carboxylic acids is 1. The topological polar surface area (TPSA) is 26.3 Å². The highest BCUT2D eigenvalue weighted by atomic mass is 35.5. The first-order chi connectivity index (χ1) is 12.1. The molecule has 3 rings (SSSR count). The van der Waals surface area contributed by atoms with Crippen LogP contribution in [0.15, 0.2) is 84.9 Å². The molecule has 0 aliphatic rings. The van der Waals surface area contributed by atoms with Gasteiger partial charge in [-0.15, -0.1) is 0 Å². The molecule has 0 bridgehead atoms. The van der Waals surface area contributed by atoms with E-state index in [0.29, 0.717) is 5.75 Å². The summed E-state index contributed by atoms with van der Waals surface area (Å²) in [5.74, 6) is -0.249. The Bertz CT molecular complexity index is 782. The summed E-state index contributed by atoms with van der Waals surface area (Å²) in [6.07, 6.45) is 0. The summed E-state index contributed by atoms with van der Waals surface area (Å²) in [6.45, 7) is 0. The van der Waals surface area contributed by atoms with Crippen LogP contribution < -0.4 is 20.7 Å². The Hall–Kier alpha value is -1.86. The van der Waals surface area contributed by atoms with Crippen LogP contribution in [0.3, 0.4) is 0 Å². The predicted octanol–water partition coefficient (Wildman–Crippen LogP) is 4.15. The van der Waals surface area contributed by atoms with Gasteiger partial charge in [0.2, 0.25) is 4.84 Å². The molecule has 126 valence electrons. The summed E-state index contributed by atoms with van der Waals surface area (Å²) >= 11 is 11.0. The largest absolute Gasteiger partial charge is 0.425 e. The van der Waals surface area contributed by atoms with Crippen LogP contribution in [0.5, 0.6) is 5.75 Å². The molecule has 0 N–H and O–H groups in total. The van der Waals surface area contributed by atoms with Crippen molar-refractivity contribution in [2.75, 3.05) is 0 Å². The monoisotopic (exact) mass is 388 g/mol. The molecule has 0 atom stereocenters. The fourth-order valence-corrected chi connectivity index (χ4v) is 4.80. The van der Waals surface area contributed by atoms with Crippen molar-refractivity contribution in [1.82, 2.24) is 0 Å². The second kappa shape index (κ2) is 8.49. The minimum absolute atomic E-state index is 0.427. The minimum Gasteiger partial charge on any atom is -0.425 e. The summed E-state index contributed by atoms with van der Waals surface area (Å²) in [7, 11) is -0.684. The third-order valence-electron chi connectivity index (χ3n) is 3.52. The van der Waals surface area contributed by atoms with E-state index in [1.165, 1.54) is 15.9 Å². The molecule has 3 aromatic carbocycles. The average Bonchev–Trinajstić information content (AvgIpc) is 2.65. The second-order valence-corrected chi connectivity index (χ2v) is 8.54. The molecule has 2 nitrogen and oxygen atoms in total. The molecule has 0 aliphatic carbocycles. The molecule has 3 aromatic rings. The highest BCUT2D eigenvalue weighted by Gasteiger charge is 2.17. The summed E-state index contributed by atoms with van der Waals surface area (Å²) < 4.78 is 5.13. The Morgan fingerprint density at radius 1 is 0.720 bits per heavy atom. The zero-order chi connectivity index (χ0) is 17.6. The summed E-state index contributed by atoms with van der Waals surface area (Å²) in [6, 6.07) is 28.3. The van der Waals surface area contributed by atoms with Crippen LogP contribution in [0.4, 0.5) is 0 Å². The molecule has 5 heteroatoms. The summed E-state index contributed by atoms with van der Waals surface area (Å²) in [5, 5.41) is 3.69. The lowest BCUT2D eigenvalue weighted by Gasteiger charge is -2.19. The molecular formula is C20H15Cl2O2P. The molecule has 0 fully saturated rings. The number of alkyl halides is 2. The predicted molar refractivity (Wildman–Crippen MR) is 106 cm³/mol. The van der Waals surface area contributed by atoms with E-state index < -0.39 is 18.7 Å². The van der Waals surface area contributed by atoms with E-state index >= 15 is 0 Å². The van der Waals surface area contributed by atoms with Gasteiger partial charge < -0.3 is 4.74 Å². The molecule has 0 spiro atoms. The van der Waals surface area contributed by atoms with Gasteiger partial charge in [-0.05, 0) is 36.0 Å². The van der Waals surface area contributed by atoms with E-state index in [2.05, 4.69) is 24.3 Å². The Morgan fingerprint density at radius 3 is 1.60 bits per heavy atom. The maximum Gasteiger partial charge on any atom is 0.344 e. The average molecular weight is 389 g/mol. The number of rotatable bonds is 5. The zero-order valence-corrected chi connectivity index (χ0v) is 15.6. The van der Waals surface area contributed by atoms with Gasteiger partial charge in [0, 0.05) is 0 Å². The van der Waals surface area contributed by atoms with Crippen LogP contribution in [-0.2, 0) is 4.79 Å². The van der Waals surface area contributed by atoms with Gasteiger partial charge in [0.05, 0.1) is 0 Å². The minimum atomic E-state index is -1.19. The normalized spacial score (nSPS) is 10.9. The van der Waals surface area contributed by atoms with Crippen molar-refractivity contribution in [2.45, 2.75) is 4.84 Å². The van der Waals surface area contributed by atoms with Gasteiger partial charge >= 0.3 is 5.97 Å². The number of carbonyl (C=O) groups is 1. The highest BCUT2D eigenvalue weighted by molar-refractivity contribution is 7.79. The lowest BCUT2D eigenvalue weighted by molar-refractivity contribution is -0.132. The standard InChI is InChI=1S/C20H15Cl2O2P/c21-19(22)20(23)24-15-11-13-18(14-12-15)25(16-7-3-1-4-8-16)17-9-5-2-6-10-17/h1-14,19H. The molecule has 0 heterocycles. The van der Waals surface area contributed by atoms with Crippen molar-refractivity contribution in [2.24, 2.45) is 0 Å². The highest BCUT2D eigenvalue weighted by Crippen LogP contribution is 2.33. The van der Waals surface area contributed by atoms with E-state index in [9.17, 15) is 4.79 Å². The first kappa shape index (κ1) is 17.9. The fraction of sp³-hybridized carbons (Fsp3) is 0.0500. The van der Waals surface area contributed by atoms with Crippen LogP contribution in [0.1, 0.15) is 0 Å². The molecule has 0 aliphatic heterocycles. The van der Waals surface area contributed by atoms with Crippen molar-refractivity contribution in [3.05, 3.63) is 84.9 Å².